The molecule has 60 valence electrons. The molecule has 1 aromatic rings. The normalized spacial score (nSPS) is 9.91. The molecule has 0 aromatic carbocycles. The van der Waals surface area contributed by atoms with E-state index in [9.17, 15) is 4.79 Å². The van der Waals surface area contributed by atoms with Gasteiger partial charge in [-0.25, -0.2) is 0 Å². The summed E-state index contributed by atoms with van der Waals surface area (Å²) in [6.45, 7) is 0. The fourth-order valence-electron chi connectivity index (χ4n) is 0.553. The molecule has 0 amide bonds. The topological polar surface area (TPSA) is 63.1 Å². The van der Waals surface area contributed by atoms with E-state index in [1.165, 1.54) is 11.3 Å². The van der Waals surface area contributed by atoms with Gasteiger partial charge in [0.25, 0.3) is 0 Å². The van der Waals surface area contributed by atoms with Gasteiger partial charge in [-0.05, 0) is 0 Å². The largest absolute Gasteiger partial charge is 0.481 e. The standard InChI is InChI=1S/C5H6N2O2S2/c8-5(9)1-3-6-7-4(2-10)11-3/h10H,1-2H2,(H,8,9). The van der Waals surface area contributed by atoms with Crippen molar-refractivity contribution in [3.63, 3.8) is 0 Å². The molecule has 0 radical (unpaired) electrons. The summed E-state index contributed by atoms with van der Waals surface area (Å²) in [5.41, 5.74) is 0. The van der Waals surface area contributed by atoms with Crippen LogP contribution in [0.15, 0.2) is 0 Å². The van der Waals surface area contributed by atoms with Crippen LogP contribution in [0.5, 0.6) is 0 Å². The molecule has 11 heavy (non-hydrogen) atoms. The monoisotopic (exact) mass is 190 g/mol. The van der Waals surface area contributed by atoms with Crippen molar-refractivity contribution in [2.45, 2.75) is 12.2 Å². The van der Waals surface area contributed by atoms with E-state index in [2.05, 4.69) is 22.8 Å². The first-order valence-electron chi connectivity index (χ1n) is 2.86. The number of aromatic nitrogens is 2. The summed E-state index contributed by atoms with van der Waals surface area (Å²) in [6.07, 6.45) is -0.0502. The molecule has 0 aliphatic rings. The number of carboxylic acids is 1. The Morgan fingerprint density at radius 3 is 2.64 bits per heavy atom. The van der Waals surface area contributed by atoms with Crippen molar-refractivity contribution >= 4 is 29.9 Å². The maximum absolute atomic E-state index is 10.2. The average molecular weight is 190 g/mol. The minimum atomic E-state index is -0.883. The number of rotatable bonds is 3. The SMILES string of the molecule is O=C(O)Cc1nnc(CS)s1. The summed E-state index contributed by atoms with van der Waals surface area (Å²) in [6, 6.07) is 0. The molecule has 1 rings (SSSR count). The van der Waals surface area contributed by atoms with Crippen LogP contribution < -0.4 is 0 Å². The van der Waals surface area contributed by atoms with Crippen LogP contribution in [-0.2, 0) is 17.0 Å². The van der Waals surface area contributed by atoms with Crippen LogP contribution in [0.25, 0.3) is 0 Å². The molecule has 0 atom stereocenters. The van der Waals surface area contributed by atoms with Gasteiger partial charge in [0.2, 0.25) is 0 Å². The Bertz CT molecular complexity index is 261. The number of carboxylic acid groups (broad SMARTS) is 1. The zero-order chi connectivity index (χ0) is 8.27. The van der Waals surface area contributed by atoms with Gasteiger partial charge < -0.3 is 5.11 Å². The molecule has 0 spiro atoms. The number of nitrogens with zero attached hydrogens (tertiary/aromatic N) is 2. The van der Waals surface area contributed by atoms with Crippen molar-refractivity contribution in [1.29, 1.82) is 0 Å². The summed E-state index contributed by atoms with van der Waals surface area (Å²) in [4.78, 5) is 10.2. The van der Waals surface area contributed by atoms with Crippen molar-refractivity contribution in [3.05, 3.63) is 10.0 Å². The lowest BCUT2D eigenvalue weighted by Crippen LogP contribution is -1.98. The van der Waals surface area contributed by atoms with E-state index in [1.54, 1.807) is 0 Å². The first kappa shape index (κ1) is 8.48. The lowest BCUT2D eigenvalue weighted by atomic mass is 10.5. The molecule has 0 saturated heterocycles. The number of hydrogen-bond donors (Lipinski definition) is 2. The lowest BCUT2D eigenvalue weighted by Gasteiger charge is -1.83. The van der Waals surface area contributed by atoms with Crippen LogP contribution >= 0.6 is 24.0 Å². The highest BCUT2D eigenvalue weighted by molar-refractivity contribution is 7.79. The molecule has 0 fully saturated rings. The molecule has 1 heterocycles. The summed E-state index contributed by atoms with van der Waals surface area (Å²) in [5.74, 6) is -0.371. The molecule has 1 N–H and O–H groups in total. The Labute approximate surface area is 72.7 Å². The van der Waals surface area contributed by atoms with Crippen molar-refractivity contribution in [2.24, 2.45) is 0 Å². The zero-order valence-electron chi connectivity index (χ0n) is 5.52. The van der Waals surface area contributed by atoms with Crippen molar-refractivity contribution < 1.29 is 9.90 Å². The van der Waals surface area contributed by atoms with E-state index in [1.807, 2.05) is 0 Å². The van der Waals surface area contributed by atoms with E-state index < -0.39 is 5.97 Å². The summed E-state index contributed by atoms with van der Waals surface area (Å²) in [5, 5.41) is 17.0. The van der Waals surface area contributed by atoms with Gasteiger partial charge in [0, 0.05) is 5.75 Å². The third kappa shape index (κ3) is 2.47. The van der Waals surface area contributed by atoms with Crippen LogP contribution in [0.4, 0.5) is 0 Å². The van der Waals surface area contributed by atoms with Gasteiger partial charge in [0.05, 0.1) is 6.42 Å². The Morgan fingerprint density at radius 2 is 2.18 bits per heavy atom. The minimum absolute atomic E-state index is 0.0502. The van der Waals surface area contributed by atoms with Gasteiger partial charge in [-0.1, -0.05) is 0 Å². The summed E-state index contributed by atoms with van der Waals surface area (Å²) in [7, 11) is 0. The lowest BCUT2D eigenvalue weighted by molar-refractivity contribution is -0.136. The molecule has 0 aliphatic carbocycles. The van der Waals surface area contributed by atoms with Gasteiger partial charge in [-0.3, -0.25) is 4.79 Å². The fourth-order valence-corrected chi connectivity index (χ4v) is 1.51. The fraction of sp³-hybridized carbons (Fsp3) is 0.400. The minimum Gasteiger partial charge on any atom is -0.481 e. The number of carbonyl (C=O) groups is 1. The quantitative estimate of drug-likeness (QED) is 0.685. The number of thiol groups is 1. The highest BCUT2D eigenvalue weighted by atomic mass is 32.1. The van der Waals surface area contributed by atoms with E-state index >= 15 is 0 Å². The zero-order valence-corrected chi connectivity index (χ0v) is 7.23. The second kappa shape index (κ2) is 3.68. The van der Waals surface area contributed by atoms with Crippen LogP contribution in [0, 0.1) is 0 Å². The molecule has 0 aliphatic heterocycles. The second-order valence-electron chi connectivity index (χ2n) is 1.82. The van der Waals surface area contributed by atoms with Crippen molar-refractivity contribution in [2.75, 3.05) is 0 Å². The third-order valence-corrected chi connectivity index (χ3v) is 2.38. The highest BCUT2D eigenvalue weighted by Gasteiger charge is 2.06. The Kier molecular flexibility index (Phi) is 2.84. The maximum Gasteiger partial charge on any atom is 0.310 e. The van der Waals surface area contributed by atoms with Crippen molar-refractivity contribution in [1.82, 2.24) is 10.2 Å². The van der Waals surface area contributed by atoms with Gasteiger partial charge in [0.1, 0.15) is 10.0 Å². The van der Waals surface area contributed by atoms with Crippen LogP contribution in [0.2, 0.25) is 0 Å². The first-order chi connectivity index (χ1) is 5.22. The highest BCUT2D eigenvalue weighted by Crippen LogP contribution is 2.11. The van der Waals surface area contributed by atoms with Crippen LogP contribution in [0.3, 0.4) is 0 Å². The Morgan fingerprint density at radius 1 is 1.55 bits per heavy atom. The van der Waals surface area contributed by atoms with E-state index in [0.717, 1.165) is 5.01 Å². The maximum atomic E-state index is 10.2. The van der Waals surface area contributed by atoms with Crippen LogP contribution in [-0.4, -0.2) is 21.3 Å². The Hall–Kier alpha value is -0.620. The van der Waals surface area contributed by atoms with Gasteiger partial charge >= 0.3 is 5.97 Å². The van der Waals surface area contributed by atoms with E-state index in [0.29, 0.717) is 10.8 Å². The molecular weight excluding hydrogens is 184 g/mol. The number of hydrogen-bond acceptors (Lipinski definition) is 5. The van der Waals surface area contributed by atoms with Gasteiger partial charge in [0.15, 0.2) is 0 Å². The molecule has 0 unspecified atom stereocenters. The summed E-state index contributed by atoms with van der Waals surface area (Å²) >= 11 is 5.26. The molecule has 4 nitrogen and oxygen atoms in total. The summed E-state index contributed by atoms with van der Waals surface area (Å²) < 4.78 is 0. The Balaban J connectivity index is 2.65. The molecule has 0 saturated carbocycles. The smallest absolute Gasteiger partial charge is 0.310 e. The van der Waals surface area contributed by atoms with Crippen molar-refractivity contribution in [3.8, 4) is 0 Å². The second-order valence-corrected chi connectivity index (χ2v) is 3.28. The molecule has 1 aromatic heterocycles. The molecule has 0 bridgehead atoms. The average Bonchev–Trinajstić information content (AvgIpc) is 2.34. The van der Waals surface area contributed by atoms with E-state index in [4.69, 9.17) is 5.11 Å². The van der Waals surface area contributed by atoms with Crippen LogP contribution in [0.1, 0.15) is 10.0 Å². The first-order valence-corrected chi connectivity index (χ1v) is 4.31. The van der Waals surface area contributed by atoms with Gasteiger partial charge in [-0.2, -0.15) is 12.6 Å². The predicted octanol–water partition coefficient (Wildman–Crippen LogP) is 0.595. The molecular formula is C5H6N2O2S2. The van der Waals surface area contributed by atoms with E-state index in [-0.39, 0.29) is 6.42 Å². The predicted molar refractivity (Wildman–Crippen MR) is 43.9 cm³/mol. The van der Waals surface area contributed by atoms with Gasteiger partial charge in [-0.15, -0.1) is 21.5 Å². The molecule has 6 heteroatoms. The third-order valence-electron chi connectivity index (χ3n) is 0.946. The number of aliphatic carboxylic acids is 1.